The van der Waals surface area contributed by atoms with Crippen LogP contribution in [0.25, 0.3) is 0 Å². The molecule has 4 heteroatoms. The van der Waals surface area contributed by atoms with E-state index in [2.05, 4.69) is 22.5 Å². The van der Waals surface area contributed by atoms with Crippen molar-refractivity contribution < 1.29 is 4.79 Å². The van der Waals surface area contributed by atoms with Crippen LogP contribution in [0, 0.1) is 5.92 Å². The third-order valence-electron chi connectivity index (χ3n) is 3.73. The van der Waals surface area contributed by atoms with Crippen molar-refractivity contribution >= 4 is 6.03 Å². The molecule has 1 saturated carbocycles. The van der Waals surface area contributed by atoms with Crippen molar-refractivity contribution in [2.45, 2.75) is 45.1 Å². The van der Waals surface area contributed by atoms with E-state index in [4.69, 9.17) is 0 Å². The lowest BCUT2D eigenvalue weighted by Gasteiger charge is -2.30. The molecule has 4 nitrogen and oxygen atoms in total. The van der Waals surface area contributed by atoms with Crippen molar-refractivity contribution in [3.8, 4) is 0 Å². The molecule has 0 bridgehead atoms. The number of nitrogens with one attached hydrogen (secondary N) is 2. The monoisotopic (exact) mass is 239 g/mol. The van der Waals surface area contributed by atoms with Gasteiger partial charge in [0.1, 0.15) is 0 Å². The Bertz CT molecular complexity index is 245. The predicted octanol–water partition coefficient (Wildman–Crippen LogP) is 1.57. The van der Waals surface area contributed by atoms with Crippen LogP contribution in [0.3, 0.4) is 0 Å². The maximum Gasteiger partial charge on any atom is 0.315 e. The smallest absolute Gasteiger partial charge is 0.315 e. The van der Waals surface area contributed by atoms with Gasteiger partial charge in [0.05, 0.1) is 0 Å². The van der Waals surface area contributed by atoms with Gasteiger partial charge in [-0.3, -0.25) is 0 Å². The van der Waals surface area contributed by atoms with Crippen molar-refractivity contribution in [1.29, 1.82) is 0 Å². The molecular weight excluding hydrogens is 214 g/mol. The van der Waals surface area contributed by atoms with Crippen LogP contribution in [0.4, 0.5) is 4.79 Å². The number of hydrogen-bond acceptors (Lipinski definition) is 2. The Balaban J connectivity index is 1.46. The van der Waals surface area contributed by atoms with E-state index in [0.29, 0.717) is 6.04 Å². The minimum atomic E-state index is 0.0137. The maximum atomic E-state index is 11.4. The molecule has 0 aromatic heterocycles. The van der Waals surface area contributed by atoms with Crippen LogP contribution in [0.5, 0.6) is 0 Å². The van der Waals surface area contributed by atoms with Crippen LogP contribution in [0.2, 0.25) is 0 Å². The molecule has 0 aromatic carbocycles. The fraction of sp³-hybridized carbons (Fsp3) is 0.923. The fourth-order valence-electron chi connectivity index (χ4n) is 2.25. The first-order chi connectivity index (χ1) is 8.24. The summed E-state index contributed by atoms with van der Waals surface area (Å²) in [6.45, 7) is 6.72. The first-order valence-corrected chi connectivity index (χ1v) is 7.01. The number of carbonyl (C=O) groups excluding carboxylic acids is 1. The molecule has 0 unspecified atom stereocenters. The first kappa shape index (κ1) is 12.7. The molecule has 2 fully saturated rings. The Labute approximate surface area is 104 Å². The number of hydrogen-bond donors (Lipinski definition) is 2. The lowest BCUT2D eigenvalue weighted by Crippen LogP contribution is -2.39. The van der Waals surface area contributed by atoms with Gasteiger partial charge in [-0.15, -0.1) is 0 Å². The normalized spacial score (nSPS) is 22.4. The number of amides is 2. The molecule has 1 aliphatic heterocycles. The van der Waals surface area contributed by atoms with E-state index in [9.17, 15) is 4.79 Å². The third kappa shape index (κ3) is 4.94. The average molecular weight is 239 g/mol. The van der Waals surface area contributed by atoms with Crippen LogP contribution in [-0.4, -0.2) is 43.2 Å². The first-order valence-electron chi connectivity index (χ1n) is 7.01. The lowest BCUT2D eigenvalue weighted by atomic mass is 9.99. The molecule has 0 radical (unpaired) electrons. The molecule has 2 amide bonds. The maximum absolute atomic E-state index is 11.4. The number of likely N-dealkylation sites (tertiary alicyclic amines) is 1. The van der Waals surface area contributed by atoms with E-state index >= 15 is 0 Å². The van der Waals surface area contributed by atoms with Gasteiger partial charge >= 0.3 is 6.03 Å². The number of carbonyl (C=O) groups is 1. The molecule has 2 aliphatic rings. The van der Waals surface area contributed by atoms with Crippen molar-refractivity contribution in [2.75, 3.05) is 26.2 Å². The van der Waals surface area contributed by atoms with Crippen LogP contribution in [0.1, 0.15) is 39.0 Å². The topological polar surface area (TPSA) is 44.4 Å². The van der Waals surface area contributed by atoms with Crippen LogP contribution >= 0.6 is 0 Å². The van der Waals surface area contributed by atoms with Gasteiger partial charge in [-0.1, -0.05) is 6.92 Å². The summed E-state index contributed by atoms with van der Waals surface area (Å²) in [6, 6.07) is 0.471. The van der Waals surface area contributed by atoms with E-state index in [1.807, 2.05) is 0 Å². The highest BCUT2D eigenvalue weighted by Crippen LogP contribution is 2.18. The van der Waals surface area contributed by atoms with Gasteiger partial charge in [-0.25, -0.2) is 4.79 Å². The molecule has 2 rings (SSSR count). The largest absolute Gasteiger partial charge is 0.338 e. The van der Waals surface area contributed by atoms with Gasteiger partial charge in [-0.2, -0.15) is 0 Å². The highest BCUT2D eigenvalue weighted by molar-refractivity contribution is 5.74. The summed E-state index contributed by atoms with van der Waals surface area (Å²) in [4.78, 5) is 13.9. The van der Waals surface area contributed by atoms with E-state index in [0.717, 1.165) is 38.3 Å². The summed E-state index contributed by atoms with van der Waals surface area (Å²) in [5, 5.41) is 5.86. The zero-order valence-electron chi connectivity index (χ0n) is 10.9. The zero-order valence-corrected chi connectivity index (χ0v) is 10.9. The van der Waals surface area contributed by atoms with Gasteiger partial charge in [0.15, 0.2) is 0 Å². The minimum Gasteiger partial charge on any atom is -0.338 e. The summed E-state index contributed by atoms with van der Waals surface area (Å²) in [6.07, 6.45) is 6.02. The van der Waals surface area contributed by atoms with Crippen LogP contribution in [-0.2, 0) is 0 Å². The Hall–Kier alpha value is -0.770. The second-order valence-corrected chi connectivity index (χ2v) is 5.55. The molecule has 0 spiro atoms. The Morgan fingerprint density at radius 2 is 1.94 bits per heavy atom. The van der Waals surface area contributed by atoms with E-state index in [-0.39, 0.29) is 6.03 Å². The predicted molar refractivity (Wildman–Crippen MR) is 69.0 cm³/mol. The summed E-state index contributed by atoms with van der Waals surface area (Å²) in [5.41, 5.74) is 0. The van der Waals surface area contributed by atoms with E-state index < -0.39 is 0 Å². The standard InChI is InChI=1S/C13H25N3O/c1-11-5-9-16(10-6-11)8-2-7-14-13(17)15-12-3-4-12/h11-12H,2-10H2,1H3,(H2,14,15,17). The number of nitrogens with zero attached hydrogens (tertiary/aromatic N) is 1. The Morgan fingerprint density at radius 3 is 2.59 bits per heavy atom. The minimum absolute atomic E-state index is 0.0137. The van der Waals surface area contributed by atoms with Crippen molar-refractivity contribution in [3.05, 3.63) is 0 Å². The van der Waals surface area contributed by atoms with Crippen LogP contribution in [0.15, 0.2) is 0 Å². The second kappa shape index (κ2) is 6.24. The van der Waals surface area contributed by atoms with Crippen LogP contribution < -0.4 is 10.6 Å². The number of urea groups is 1. The third-order valence-corrected chi connectivity index (χ3v) is 3.73. The molecule has 0 aromatic rings. The number of rotatable bonds is 5. The summed E-state index contributed by atoms with van der Waals surface area (Å²) in [5.74, 6) is 0.897. The van der Waals surface area contributed by atoms with E-state index in [1.54, 1.807) is 0 Å². The highest BCUT2D eigenvalue weighted by atomic mass is 16.2. The van der Waals surface area contributed by atoms with Crippen molar-refractivity contribution in [3.63, 3.8) is 0 Å². The Morgan fingerprint density at radius 1 is 1.24 bits per heavy atom. The van der Waals surface area contributed by atoms with Gasteiger partial charge in [0.2, 0.25) is 0 Å². The molecule has 1 aliphatic carbocycles. The van der Waals surface area contributed by atoms with Gasteiger partial charge in [-0.05, 0) is 57.7 Å². The summed E-state index contributed by atoms with van der Waals surface area (Å²) < 4.78 is 0. The lowest BCUT2D eigenvalue weighted by molar-refractivity contribution is 0.190. The molecular formula is C13H25N3O. The van der Waals surface area contributed by atoms with Gasteiger partial charge in [0.25, 0.3) is 0 Å². The summed E-state index contributed by atoms with van der Waals surface area (Å²) in [7, 11) is 0. The van der Waals surface area contributed by atoms with Gasteiger partial charge < -0.3 is 15.5 Å². The quantitative estimate of drug-likeness (QED) is 0.715. The van der Waals surface area contributed by atoms with Crippen molar-refractivity contribution in [1.82, 2.24) is 15.5 Å². The number of piperidine rings is 1. The molecule has 17 heavy (non-hydrogen) atoms. The highest BCUT2D eigenvalue weighted by Gasteiger charge is 2.22. The summed E-state index contributed by atoms with van der Waals surface area (Å²) >= 11 is 0. The SMILES string of the molecule is CC1CCN(CCCNC(=O)NC2CC2)CC1. The fourth-order valence-corrected chi connectivity index (χ4v) is 2.25. The molecule has 2 N–H and O–H groups in total. The average Bonchev–Trinajstić information content (AvgIpc) is 3.11. The molecule has 1 saturated heterocycles. The second-order valence-electron chi connectivity index (χ2n) is 5.55. The molecule has 0 atom stereocenters. The molecule has 1 heterocycles. The van der Waals surface area contributed by atoms with E-state index in [1.165, 1.54) is 25.9 Å². The zero-order chi connectivity index (χ0) is 12.1. The Kier molecular flexibility index (Phi) is 4.66. The van der Waals surface area contributed by atoms with Crippen molar-refractivity contribution in [2.24, 2.45) is 5.92 Å². The molecule has 98 valence electrons. The van der Waals surface area contributed by atoms with Gasteiger partial charge in [0, 0.05) is 12.6 Å².